The molecule has 2 rings (SSSR count). The van der Waals surface area contributed by atoms with Crippen LogP contribution in [0, 0.1) is 11.6 Å². The van der Waals surface area contributed by atoms with Gasteiger partial charge in [-0.05, 0) is 30.3 Å². The monoisotopic (exact) mass is 293 g/mol. The minimum absolute atomic E-state index is 0.0536. The first-order valence-corrected chi connectivity index (χ1v) is 6.22. The number of halogens is 2. The lowest BCUT2D eigenvalue weighted by Crippen LogP contribution is -2.13. The van der Waals surface area contributed by atoms with E-state index in [0.29, 0.717) is 5.75 Å². The van der Waals surface area contributed by atoms with E-state index in [-0.39, 0.29) is 24.4 Å². The highest BCUT2D eigenvalue weighted by molar-refractivity contribution is 5.87. The van der Waals surface area contributed by atoms with Crippen molar-refractivity contribution in [1.82, 2.24) is 0 Å². The van der Waals surface area contributed by atoms with E-state index in [1.54, 1.807) is 12.1 Å². The zero-order valence-electron chi connectivity index (χ0n) is 11.0. The van der Waals surface area contributed by atoms with Gasteiger partial charge in [-0.2, -0.15) is 0 Å². The SMILES string of the molecule is O=C(O)c1cccc(OCCNc2cccc(F)c2F)c1. The lowest BCUT2D eigenvalue weighted by atomic mass is 10.2. The van der Waals surface area contributed by atoms with Crippen LogP contribution in [0.25, 0.3) is 0 Å². The molecule has 2 N–H and O–H groups in total. The highest BCUT2D eigenvalue weighted by atomic mass is 19.2. The molecule has 0 aromatic heterocycles. The minimum Gasteiger partial charge on any atom is -0.492 e. The second-order valence-corrected chi connectivity index (χ2v) is 4.21. The fraction of sp³-hybridized carbons (Fsp3) is 0.133. The molecule has 0 heterocycles. The van der Waals surface area contributed by atoms with E-state index in [1.165, 1.54) is 24.3 Å². The van der Waals surface area contributed by atoms with Crippen LogP contribution in [-0.2, 0) is 0 Å². The number of hydrogen-bond donors (Lipinski definition) is 2. The summed E-state index contributed by atoms with van der Waals surface area (Å²) in [5.41, 5.74) is 0.175. The van der Waals surface area contributed by atoms with Gasteiger partial charge in [0.15, 0.2) is 11.6 Å². The maximum Gasteiger partial charge on any atom is 0.335 e. The zero-order valence-corrected chi connectivity index (χ0v) is 11.0. The molecule has 0 saturated heterocycles. The molecule has 0 aliphatic carbocycles. The summed E-state index contributed by atoms with van der Waals surface area (Å²) >= 11 is 0. The number of anilines is 1. The van der Waals surface area contributed by atoms with Gasteiger partial charge < -0.3 is 15.2 Å². The first kappa shape index (κ1) is 14.8. The smallest absolute Gasteiger partial charge is 0.335 e. The van der Waals surface area contributed by atoms with Gasteiger partial charge in [-0.3, -0.25) is 0 Å². The molecule has 0 fully saturated rings. The average molecular weight is 293 g/mol. The Balaban J connectivity index is 1.86. The maximum atomic E-state index is 13.4. The molecule has 0 aliphatic rings. The van der Waals surface area contributed by atoms with Crippen LogP contribution in [0.5, 0.6) is 5.75 Å². The van der Waals surface area contributed by atoms with E-state index in [9.17, 15) is 13.6 Å². The summed E-state index contributed by atoms with van der Waals surface area (Å²) in [5, 5.41) is 11.5. The van der Waals surface area contributed by atoms with Crippen LogP contribution in [0.15, 0.2) is 42.5 Å². The number of rotatable bonds is 6. The molecule has 0 bridgehead atoms. The number of carboxylic acids is 1. The Labute approximate surface area is 120 Å². The van der Waals surface area contributed by atoms with Crippen molar-refractivity contribution in [2.24, 2.45) is 0 Å². The largest absolute Gasteiger partial charge is 0.492 e. The molecule has 2 aromatic rings. The van der Waals surface area contributed by atoms with Gasteiger partial charge in [0.2, 0.25) is 0 Å². The Morgan fingerprint density at radius 3 is 2.71 bits per heavy atom. The quantitative estimate of drug-likeness (QED) is 0.803. The van der Waals surface area contributed by atoms with Gasteiger partial charge in [0.25, 0.3) is 0 Å². The first-order valence-electron chi connectivity index (χ1n) is 6.22. The van der Waals surface area contributed by atoms with E-state index in [2.05, 4.69) is 5.32 Å². The van der Waals surface area contributed by atoms with E-state index < -0.39 is 17.6 Å². The third-order valence-electron chi connectivity index (χ3n) is 2.72. The molecule has 110 valence electrons. The van der Waals surface area contributed by atoms with Crippen molar-refractivity contribution in [2.75, 3.05) is 18.5 Å². The molecule has 4 nitrogen and oxygen atoms in total. The number of hydrogen-bond acceptors (Lipinski definition) is 3. The Hall–Kier alpha value is -2.63. The van der Waals surface area contributed by atoms with Crippen LogP contribution < -0.4 is 10.1 Å². The van der Waals surface area contributed by atoms with Crippen molar-refractivity contribution in [2.45, 2.75) is 0 Å². The highest BCUT2D eigenvalue weighted by Crippen LogP contribution is 2.16. The molecule has 0 radical (unpaired) electrons. The van der Waals surface area contributed by atoms with Crippen LogP contribution in [-0.4, -0.2) is 24.2 Å². The fourth-order valence-corrected chi connectivity index (χ4v) is 1.71. The van der Waals surface area contributed by atoms with Gasteiger partial charge >= 0.3 is 5.97 Å². The summed E-state index contributed by atoms with van der Waals surface area (Å²) in [5.74, 6) is -2.50. The predicted molar refractivity (Wildman–Crippen MR) is 73.7 cm³/mol. The first-order chi connectivity index (χ1) is 10.1. The maximum absolute atomic E-state index is 13.4. The lowest BCUT2D eigenvalue weighted by molar-refractivity contribution is 0.0696. The van der Waals surface area contributed by atoms with Crippen molar-refractivity contribution in [3.63, 3.8) is 0 Å². The molecule has 0 unspecified atom stereocenters. The van der Waals surface area contributed by atoms with Crippen LogP contribution in [0.3, 0.4) is 0 Å². The molecule has 0 saturated carbocycles. The molecule has 6 heteroatoms. The minimum atomic E-state index is -1.04. The van der Waals surface area contributed by atoms with E-state index in [4.69, 9.17) is 9.84 Å². The van der Waals surface area contributed by atoms with Crippen molar-refractivity contribution in [1.29, 1.82) is 0 Å². The molecular weight excluding hydrogens is 280 g/mol. The molecular formula is C15H13F2NO3. The van der Waals surface area contributed by atoms with Gasteiger partial charge in [-0.1, -0.05) is 12.1 Å². The van der Waals surface area contributed by atoms with Crippen LogP contribution in [0.4, 0.5) is 14.5 Å². The number of nitrogens with one attached hydrogen (secondary N) is 1. The summed E-state index contributed by atoms with van der Waals surface area (Å²) < 4.78 is 31.7. The number of ether oxygens (including phenoxy) is 1. The van der Waals surface area contributed by atoms with Crippen molar-refractivity contribution in [3.8, 4) is 5.75 Å². The molecule has 0 atom stereocenters. The van der Waals surface area contributed by atoms with Crippen molar-refractivity contribution < 1.29 is 23.4 Å². The fourth-order valence-electron chi connectivity index (χ4n) is 1.71. The lowest BCUT2D eigenvalue weighted by Gasteiger charge is -2.10. The Morgan fingerprint density at radius 2 is 1.95 bits per heavy atom. The summed E-state index contributed by atoms with van der Waals surface area (Å²) in [6.45, 7) is 0.427. The normalized spacial score (nSPS) is 10.2. The molecule has 0 amide bonds. The van der Waals surface area contributed by atoms with E-state index in [1.807, 2.05) is 0 Å². The average Bonchev–Trinajstić information content (AvgIpc) is 2.48. The van der Waals surface area contributed by atoms with Gasteiger partial charge in [0, 0.05) is 6.54 Å². The van der Waals surface area contributed by atoms with Gasteiger partial charge in [-0.15, -0.1) is 0 Å². The molecule has 0 aliphatic heterocycles. The van der Waals surface area contributed by atoms with Gasteiger partial charge in [0.1, 0.15) is 12.4 Å². The zero-order chi connectivity index (χ0) is 15.2. The molecule has 2 aromatic carbocycles. The third-order valence-corrected chi connectivity index (χ3v) is 2.72. The van der Waals surface area contributed by atoms with Crippen LogP contribution in [0.1, 0.15) is 10.4 Å². The van der Waals surface area contributed by atoms with Gasteiger partial charge in [-0.25, -0.2) is 13.6 Å². The highest BCUT2D eigenvalue weighted by Gasteiger charge is 2.07. The summed E-state index contributed by atoms with van der Waals surface area (Å²) in [6, 6.07) is 9.89. The number of aromatic carboxylic acids is 1. The predicted octanol–water partition coefficient (Wildman–Crippen LogP) is 3.15. The second-order valence-electron chi connectivity index (χ2n) is 4.21. The van der Waals surface area contributed by atoms with E-state index >= 15 is 0 Å². The molecule has 0 spiro atoms. The Kier molecular flexibility index (Phi) is 4.71. The van der Waals surface area contributed by atoms with Crippen molar-refractivity contribution >= 4 is 11.7 Å². The third kappa shape index (κ3) is 3.92. The van der Waals surface area contributed by atoms with E-state index in [0.717, 1.165) is 6.07 Å². The number of carbonyl (C=O) groups is 1. The summed E-state index contributed by atoms with van der Waals surface area (Å²) in [7, 11) is 0. The number of benzene rings is 2. The van der Waals surface area contributed by atoms with Crippen LogP contribution >= 0.6 is 0 Å². The molecule has 21 heavy (non-hydrogen) atoms. The standard InChI is InChI=1S/C15H13F2NO3/c16-12-5-2-6-13(14(12)17)18-7-8-21-11-4-1-3-10(9-11)15(19)20/h1-6,9,18H,7-8H2,(H,19,20). The summed E-state index contributed by atoms with van der Waals surface area (Å²) in [4.78, 5) is 10.8. The van der Waals surface area contributed by atoms with Crippen molar-refractivity contribution in [3.05, 3.63) is 59.7 Å². The second kappa shape index (κ2) is 6.69. The summed E-state index contributed by atoms with van der Waals surface area (Å²) in [6.07, 6.45) is 0. The van der Waals surface area contributed by atoms with Gasteiger partial charge in [0.05, 0.1) is 11.3 Å². The topological polar surface area (TPSA) is 58.6 Å². The Bertz CT molecular complexity index is 647. The number of carboxylic acid groups (broad SMARTS) is 1. The van der Waals surface area contributed by atoms with Crippen LogP contribution in [0.2, 0.25) is 0 Å². The Morgan fingerprint density at radius 1 is 1.19 bits per heavy atom.